The molecular formula is C25H29NO5. The molecule has 164 valence electrons. The number of nitro groups is 1. The smallest absolute Gasteiger partial charge is 0.317 e. The highest BCUT2D eigenvalue weighted by atomic mass is 16.6. The molecule has 3 unspecified atom stereocenters. The van der Waals surface area contributed by atoms with Gasteiger partial charge < -0.3 is 4.74 Å². The summed E-state index contributed by atoms with van der Waals surface area (Å²) in [6.07, 6.45) is 3.48. The Hall–Kier alpha value is -3.02. The van der Waals surface area contributed by atoms with Crippen LogP contribution in [-0.4, -0.2) is 22.3 Å². The van der Waals surface area contributed by atoms with Crippen molar-refractivity contribution in [3.63, 3.8) is 0 Å². The Balaban J connectivity index is 1.82. The number of hydrogen-bond acceptors (Lipinski definition) is 5. The van der Waals surface area contributed by atoms with Crippen molar-refractivity contribution < 1.29 is 19.2 Å². The quantitative estimate of drug-likeness (QED) is 0.233. The molecule has 0 radical (unpaired) electrons. The first-order chi connectivity index (χ1) is 14.9. The zero-order valence-corrected chi connectivity index (χ0v) is 18.1. The number of nitro benzene ring substituents is 1. The summed E-state index contributed by atoms with van der Waals surface area (Å²) in [6.45, 7) is 3.90. The van der Waals surface area contributed by atoms with Crippen LogP contribution in [0, 0.1) is 16.0 Å². The first-order valence-corrected chi connectivity index (χ1v) is 10.9. The molecule has 2 aromatic rings. The molecule has 0 amide bonds. The first-order valence-electron chi connectivity index (χ1n) is 10.9. The van der Waals surface area contributed by atoms with Crippen LogP contribution in [0.25, 0.3) is 0 Å². The third-order valence-electron chi connectivity index (χ3n) is 6.18. The van der Waals surface area contributed by atoms with Gasteiger partial charge in [-0.15, -0.1) is 0 Å². The van der Waals surface area contributed by atoms with Crippen molar-refractivity contribution in [2.45, 2.75) is 63.9 Å². The van der Waals surface area contributed by atoms with Crippen molar-refractivity contribution in [2.24, 2.45) is 5.92 Å². The standard InChI is InChI=1S/C25H29NO5/c1-3-14-25(15-13-18-9-6-5-7-10-18)17-22(27)23(24(28)31-25)21(4-2)19-11-8-12-20(16-19)26(29)30/h5-12,16,21,23H,3-4,13-15,17H2,1-2H3. The number of non-ortho nitro benzene ring substituents is 1. The summed E-state index contributed by atoms with van der Waals surface area (Å²) in [5.41, 5.74) is 0.942. The Kier molecular flexibility index (Phi) is 7.21. The van der Waals surface area contributed by atoms with Crippen molar-refractivity contribution >= 4 is 17.4 Å². The zero-order valence-electron chi connectivity index (χ0n) is 18.1. The summed E-state index contributed by atoms with van der Waals surface area (Å²) in [7, 11) is 0. The molecule has 6 nitrogen and oxygen atoms in total. The number of ketones is 1. The monoisotopic (exact) mass is 423 g/mol. The molecule has 1 aliphatic rings. The Morgan fingerprint density at radius 1 is 1.10 bits per heavy atom. The van der Waals surface area contributed by atoms with Gasteiger partial charge in [0.1, 0.15) is 11.5 Å². The van der Waals surface area contributed by atoms with Gasteiger partial charge in [0.15, 0.2) is 5.78 Å². The van der Waals surface area contributed by atoms with Gasteiger partial charge in [0.05, 0.1) is 4.92 Å². The fourth-order valence-corrected chi connectivity index (χ4v) is 4.67. The maximum absolute atomic E-state index is 13.3. The maximum atomic E-state index is 13.3. The van der Waals surface area contributed by atoms with E-state index in [-0.39, 0.29) is 17.9 Å². The largest absolute Gasteiger partial charge is 0.458 e. The van der Waals surface area contributed by atoms with Gasteiger partial charge >= 0.3 is 5.97 Å². The molecule has 0 spiro atoms. The van der Waals surface area contributed by atoms with Gasteiger partial charge in [0.25, 0.3) is 5.69 Å². The molecule has 0 N–H and O–H groups in total. The lowest BCUT2D eigenvalue weighted by Crippen LogP contribution is -2.49. The van der Waals surface area contributed by atoms with Crippen LogP contribution in [0.5, 0.6) is 0 Å². The van der Waals surface area contributed by atoms with E-state index >= 15 is 0 Å². The van der Waals surface area contributed by atoms with Crippen molar-refractivity contribution in [1.29, 1.82) is 0 Å². The van der Waals surface area contributed by atoms with Gasteiger partial charge in [0.2, 0.25) is 0 Å². The Morgan fingerprint density at radius 3 is 2.45 bits per heavy atom. The van der Waals surface area contributed by atoms with Crippen molar-refractivity contribution in [3.05, 3.63) is 75.8 Å². The Bertz CT molecular complexity index is 922. The molecule has 6 heteroatoms. The van der Waals surface area contributed by atoms with Gasteiger partial charge in [-0.1, -0.05) is 62.7 Å². The number of nitrogens with zero attached hydrogens (tertiary/aromatic N) is 1. The van der Waals surface area contributed by atoms with Gasteiger partial charge in [-0.05, 0) is 36.8 Å². The third-order valence-corrected chi connectivity index (χ3v) is 6.18. The summed E-state index contributed by atoms with van der Waals surface area (Å²) in [4.78, 5) is 37.1. The lowest BCUT2D eigenvalue weighted by Gasteiger charge is -2.40. The topological polar surface area (TPSA) is 86.5 Å². The molecule has 0 aromatic heterocycles. The highest BCUT2D eigenvalue weighted by Crippen LogP contribution is 2.41. The fraction of sp³-hybridized carbons (Fsp3) is 0.440. The minimum absolute atomic E-state index is 0.0456. The predicted molar refractivity (Wildman–Crippen MR) is 118 cm³/mol. The van der Waals surface area contributed by atoms with E-state index in [1.54, 1.807) is 12.1 Å². The average Bonchev–Trinajstić information content (AvgIpc) is 2.76. The minimum Gasteiger partial charge on any atom is -0.458 e. The van der Waals surface area contributed by atoms with E-state index in [2.05, 4.69) is 0 Å². The number of carbonyl (C=O) groups excluding carboxylic acids is 2. The van der Waals surface area contributed by atoms with Gasteiger partial charge in [0, 0.05) is 24.5 Å². The number of benzene rings is 2. The third kappa shape index (κ3) is 5.19. The highest BCUT2D eigenvalue weighted by molar-refractivity contribution is 6.02. The van der Waals surface area contributed by atoms with Crippen LogP contribution in [0.1, 0.15) is 63.0 Å². The maximum Gasteiger partial charge on any atom is 0.317 e. The number of hydrogen-bond donors (Lipinski definition) is 0. The van der Waals surface area contributed by atoms with Crippen LogP contribution in [0.15, 0.2) is 54.6 Å². The van der Waals surface area contributed by atoms with E-state index in [9.17, 15) is 19.7 Å². The van der Waals surface area contributed by atoms with Crippen molar-refractivity contribution in [2.75, 3.05) is 0 Å². The van der Waals surface area contributed by atoms with Crippen LogP contribution in [0.2, 0.25) is 0 Å². The SMILES string of the molecule is CCCC1(CCc2ccccc2)CC(=O)C(C(CC)c2cccc([N+](=O)[O-])c2)C(=O)O1. The predicted octanol–water partition coefficient (Wildman–Crippen LogP) is 5.39. The van der Waals surface area contributed by atoms with Crippen LogP contribution in [0.4, 0.5) is 5.69 Å². The molecule has 3 rings (SSSR count). The van der Waals surface area contributed by atoms with E-state index in [0.717, 1.165) is 18.4 Å². The number of Topliss-reactive ketones (excluding diaryl/α,β-unsaturated/α-hetero) is 1. The summed E-state index contributed by atoms with van der Waals surface area (Å²) in [6, 6.07) is 16.2. The highest BCUT2D eigenvalue weighted by Gasteiger charge is 2.48. The molecule has 2 aromatic carbocycles. The number of cyclic esters (lactones) is 1. The van der Waals surface area contributed by atoms with Crippen LogP contribution < -0.4 is 0 Å². The van der Waals surface area contributed by atoms with E-state index in [1.165, 1.54) is 12.1 Å². The molecule has 1 aliphatic heterocycles. The summed E-state index contributed by atoms with van der Waals surface area (Å²) >= 11 is 0. The molecule has 0 saturated carbocycles. The molecule has 0 aliphatic carbocycles. The van der Waals surface area contributed by atoms with Crippen molar-refractivity contribution in [1.82, 2.24) is 0 Å². The lowest BCUT2D eigenvalue weighted by molar-refractivity contribution is -0.384. The normalized spacial score (nSPS) is 22.1. The fourth-order valence-electron chi connectivity index (χ4n) is 4.67. The first kappa shape index (κ1) is 22.7. The summed E-state index contributed by atoms with van der Waals surface area (Å²) in [5, 5.41) is 11.2. The second-order valence-corrected chi connectivity index (χ2v) is 8.33. The number of esters is 1. The number of rotatable bonds is 9. The van der Waals surface area contributed by atoms with Crippen molar-refractivity contribution in [3.8, 4) is 0 Å². The van der Waals surface area contributed by atoms with E-state index < -0.39 is 28.3 Å². The molecule has 0 bridgehead atoms. The second-order valence-electron chi connectivity index (χ2n) is 8.33. The second kappa shape index (κ2) is 9.86. The van der Waals surface area contributed by atoms with Crippen LogP contribution in [-0.2, 0) is 20.7 Å². The molecule has 3 atom stereocenters. The summed E-state index contributed by atoms with van der Waals surface area (Å²) in [5.74, 6) is -1.99. The van der Waals surface area contributed by atoms with Crippen LogP contribution in [0.3, 0.4) is 0 Å². The molecule has 1 saturated heterocycles. The van der Waals surface area contributed by atoms with Crippen LogP contribution >= 0.6 is 0 Å². The number of carbonyl (C=O) groups is 2. The number of ether oxygens (including phenoxy) is 1. The molecular weight excluding hydrogens is 394 g/mol. The molecule has 1 heterocycles. The molecule has 31 heavy (non-hydrogen) atoms. The minimum atomic E-state index is -0.922. The van der Waals surface area contributed by atoms with E-state index in [4.69, 9.17) is 4.74 Å². The Labute approximate surface area is 182 Å². The Morgan fingerprint density at radius 2 is 1.84 bits per heavy atom. The summed E-state index contributed by atoms with van der Waals surface area (Å²) < 4.78 is 6.01. The lowest BCUT2D eigenvalue weighted by atomic mass is 9.74. The van der Waals surface area contributed by atoms with Gasteiger partial charge in [-0.25, -0.2) is 0 Å². The molecule has 1 fully saturated rings. The average molecular weight is 424 g/mol. The van der Waals surface area contributed by atoms with Gasteiger partial charge in [-0.2, -0.15) is 0 Å². The van der Waals surface area contributed by atoms with Gasteiger partial charge in [-0.3, -0.25) is 19.7 Å². The van der Waals surface area contributed by atoms with E-state index in [1.807, 2.05) is 44.2 Å². The number of aryl methyl sites for hydroxylation is 1. The zero-order chi connectivity index (χ0) is 22.4. The van der Waals surface area contributed by atoms with E-state index in [0.29, 0.717) is 24.8 Å².